The number of hydrogen-bond acceptors (Lipinski definition) is 8. The number of aromatic amines is 2. The van der Waals surface area contributed by atoms with E-state index in [1.807, 2.05) is 24.3 Å². The molecule has 142 valence electrons. The van der Waals surface area contributed by atoms with Crippen LogP contribution in [-0.4, -0.2) is 47.4 Å². The lowest BCUT2D eigenvalue weighted by Gasteiger charge is -2.13. The van der Waals surface area contributed by atoms with Crippen LogP contribution in [0, 0.1) is 0 Å². The summed E-state index contributed by atoms with van der Waals surface area (Å²) in [6.07, 6.45) is 8.14. The zero-order chi connectivity index (χ0) is 19.6. The molecule has 0 amide bonds. The lowest BCUT2D eigenvalue weighted by molar-refractivity contribution is 0.417. The van der Waals surface area contributed by atoms with E-state index in [0.29, 0.717) is 17.2 Å². The Bertz CT molecular complexity index is 1270. The van der Waals surface area contributed by atoms with Crippen LogP contribution < -0.4 is 10.1 Å². The number of hydrogen-bond donors (Lipinski definition) is 3. The van der Waals surface area contributed by atoms with E-state index in [1.54, 1.807) is 31.9 Å². The third-order valence-electron chi connectivity index (χ3n) is 4.43. The monoisotopic (exact) mass is 385 g/mol. The Morgan fingerprint density at radius 1 is 1.00 bits per heavy atom. The molecule has 0 radical (unpaired) electrons. The van der Waals surface area contributed by atoms with Crippen LogP contribution >= 0.6 is 0 Å². The first-order valence-electron chi connectivity index (χ1n) is 8.74. The number of anilines is 2. The predicted molar refractivity (Wildman–Crippen MR) is 107 cm³/mol. The molecule has 1 aromatic carbocycles. The molecule has 5 rings (SSSR count). The average molecular weight is 385 g/mol. The van der Waals surface area contributed by atoms with E-state index in [9.17, 15) is 0 Å². The fourth-order valence-electron chi connectivity index (χ4n) is 3.08. The fourth-order valence-corrected chi connectivity index (χ4v) is 3.08. The molecule has 5 aromatic rings. The Morgan fingerprint density at radius 3 is 2.76 bits per heavy atom. The Hall–Kier alpha value is -4.34. The second kappa shape index (κ2) is 7.00. The topological polar surface area (TPSA) is 130 Å². The quantitative estimate of drug-likeness (QED) is 0.421. The molecule has 0 aliphatic heterocycles. The summed E-state index contributed by atoms with van der Waals surface area (Å²) in [6, 6.07) is 7.58. The summed E-state index contributed by atoms with van der Waals surface area (Å²) in [5, 5.41) is 18.3. The van der Waals surface area contributed by atoms with E-state index in [0.717, 1.165) is 33.7 Å². The highest BCUT2D eigenvalue weighted by Gasteiger charge is 2.17. The normalized spacial score (nSPS) is 10.9. The van der Waals surface area contributed by atoms with Crippen molar-refractivity contribution in [3.63, 3.8) is 0 Å². The zero-order valence-corrected chi connectivity index (χ0v) is 15.3. The van der Waals surface area contributed by atoms with E-state index >= 15 is 0 Å². The SMILES string of the molecule is COc1ccc(-c2cnccn2)cc1Nc1ncnc2n[nH]c(-c3ccn[nH]3)c12. The van der Waals surface area contributed by atoms with Crippen molar-refractivity contribution in [2.24, 2.45) is 0 Å². The molecule has 4 heterocycles. The van der Waals surface area contributed by atoms with Crippen LogP contribution in [0.2, 0.25) is 0 Å². The van der Waals surface area contributed by atoms with Crippen LogP contribution in [0.15, 0.2) is 55.4 Å². The molecule has 29 heavy (non-hydrogen) atoms. The molecule has 0 unspecified atom stereocenters. The molecule has 10 heteroatoms. The first-order valence-corrected chi connectivity index (χ1v) is 8.74. The van der Waals surface area contributed by atoms with Crippen LogP contribution in [0.25, 0.3) is 33.7 Å². The lowest BCUT2D eigenvalue weighted by atomic mass is 10.1. The second-order valence-corrected chi connectivity index (χ2v) is 6.12. The molecule has 0 atom stereocenters. The van der Waals surface area contributed by atoms with Gasteiger partial charge in [0.25, 0.3) is 0 Å². The zero-order valence-electron chi connectivity index (χ0n) is 15.3. The maximum atomic E-state index is 5.52. The highest BCUT2D eigenvalue weighted by molar-refractivity contribution is 5.99. The van der Waals surface area contributed by atoms with Crippen molar-refractivity contribution in [1.82, 2.24) is 40.3 Å². The van der Waals surface area contributed by atoms with Gasteiger partial charge in [-0.05, 0) is 24.3 Å². The number of methoxy groups -OCH3 is 1. The molecular weight excluding hydrogens is 370 g/mol. The summed E-state index contributed by atoms with van der Waals surface area (Å²) >= 11 is 0. The molecule has 0 fully saturated rings. The highest BCUT2D eigenvalue weighted by Crippen LogP contribution is 2.35. The molecule has 0 saturated carbocycles. The van der Waals surface area contributed by atoms with Gasteiger partial charge in [0.2, 0.25) is 0 Å². The third-order valence-corrected chi connectivity index (χ3v) is 4.43. The second-order valence-electron chi connectivity index (χ2n) is 6.12. The Kier molecular flexibility index (Phi) is 4.06. The molecule has 3 N–H and O–H groups in total. The molecule has 0 bridgehead atoms. The summed E-state index contributed by atoms with van der Waals surface area (Å²) < 4.78 is 5.52. The lowest BCUT2D eigenvalue weighted by Crippen LogP contribution is -1.99. The van der Waals surface area contributed by atoms with Gasteiger partial charge in [-0.3, -0.25) is 20.2 Å². The fraction of sp³-hybridized carbons (Fsp3) is 0.0526. The van der Waals surface area contributed by atoms with Crippen LogP contribution in [0.5, 0.6) is 5.75 Å². The number of H-pyrrole nitrogens is 2. The summed E-state index contributed by atoms with van der Waals surface area (Å²) in [7, 11) is 1.62. The number of nitrogens with one attached hydrogen (secondary N) is 3. The van der Waals surface area contributed by atoms with Gasteiger partial charge in [-0.2, -0.15) is 10.2 Å². The predicted octanol–water partition coefficient (Wildman–Crippen LogP) is 2.95. The molecule has 0 aliphatic rings. The van der Waals surface area contributed by atoms with Gasteiger partial charge in [0.1, 0.15) is 17.9 Å². The molecule has 0 saturated heterocycles. The molecule has 10 nitrogen and oxygen atoms in total. The molecule has 0 aliphatic carbocycles. The van der Waals surface area contributed by atoms with Gasteiger partial charge in [-0.15, -0.1) is 0 Å². The van der Waals surface area contributed by atoms with Crippen molar-refractivity contribution >= 4 is 22.5 Å². The van der Waals surface area contributed by atoms with Crippen molar-refractivity contribution in [3.8, 4) is 28.4 Å². The van der Waals surface area contributed by atoms with Gasteiger partial charge < -0.3 is 10.1 Å². The maximum Gasteiger partial charge on any atom is 0.186 e. The van der Waals surface area contributed by atoms with Gasteiger partial charge in [0.05, 0.1) is 41.5 Å². The number of fused-ring (bicyclic) bond motifs is 1. The van der Waals surface area contributed by atoms with Gasteiger partial charge in [0, 0.05) is 24.2 Å². The first kappa shape index (κ1) is 16.8. The number of nitrogens with zero attached hydrogens (tertiary/aromatic N) is 6. The van der Waals surface area contributed by atoms with Gasteiger partial charge in [0.15, 0.2) is 5.65 Å². The van der Waals surface area contributed by atoms with E-state index in [-0.39, 0.29) is 0 Å². The number of aromatic nitrogens is 8. The van der Waals surface area contributed by atoms with Crippen LogP contribution in [0.4, 0.5) is 11.5 Å². The smallest absolute Gasteiger partial charge is 0.186 e. The molecule has 4 aromatic heterocycles. The highest BCUT2D eigenvalue weighted by atomic mass is 16.5. The number of rotatable bonds is 5. The van der Waals surface area contributed by atoms with Crippen molar-refractivity contribution in [2.75, 3.05) is 12.4 Å². The summed E-state index contributed by atoms with van der Waals surface area (Å²) in [5.74, 6) is 1.25. The van der Waals surface area contributed by atoms with Crippen molar-refractivity contribution in [1.29, 1.82) is 0 Å². The Labute approximate surface area is 164 Å². The van der Waals surface area contributed by atoms with E-state index in [4.69, 9.17) is 4.74 Å². The third kappa shape index (κ3) is 3.02. The van der Waals surface area contributed by atoms with Crippen molar-refractivity contribution < 1.29 is 4.74 Å². The van der Waals surface area contributed by atoms with Crippen LogP contribution in [0.3, 0.4) is 0 Å². The minimum Gasteiger partial charge on any atom is -0.495 e. The Balaban J connectivity index is 1.62. The largest absolute Gasteiger partial charge is 0.495 e. The Morgan fingerprint density at radius 2 is 1.97 bits per heavy atom. The minimum absolute atomic E-state index is 0.538. The van der Waals surface area contributed by atoms with E-state index in [1.165, 1.54) is 6.33 Å². The summed E-state index contributed by atoms with van der Waals surface area (Å²) in [4.78, 5) is 17.2. The van der Waals surface area contributed by atoms with Crippen LogP contribution in [-0.2, 0) is 0 Å². The van der Waals surface area contributed by atoms with E-state index < -0.39 is 0 Å². The minimum atomic E-state index is 0.538. The molecular formula is C19H15N9O. The van der Waals surface area contributed by atoms with Gasteiger partial charge >= 0.3 is 0 Å². The number of ether oxygens (including phenoxy) is 1. The van der Waals surface area contributed by atoms with E-state index in [2.05, 4.69) is 45.6 Å². The van der Waals surface area contributed by atoms with Gasteiger partial charge in [-0.25, -0.2) is 9.97 Å². The first-order chi connectivity index (χ1) is 14.3. The average Bonchev–Trinajstić information content (AvgIpc) is 3.44. The van der Waals surface area contributed by atoms with Gasteiger partial charge in [-0.1, -0.05) is 0 Å². The molecule has 0 spiro atoms. The van der Waals surface area contributed by atoms with Crippen LogP contribution in [0.1, 0.15) is 0 Å². The maximum absolute atomic E-state index is 5.52. The van der Waals surface area contributed by atoms with Crippen molar-refractivity contribution in [2.45, 2.75) is 0 Å². The summed E-state index contributed by atoms with van der Waals surface area (Å²) in [5.41, 5.74) is 4.44. The summed E-state index contributed by atoms with van der Waals surface area (Å²) in [6.45, 7) is 0. The van der Waals surface area contributed by atoms with Crippen molar-refractivity contribution in [3.05, 3.63) is 55.4 Å². The standard InChI is InChI=1S/C19H15N9O/c1-29-15-3-2-11(14-9-20-6-7-21-14)8-13(15)25-18-16-17(12-4-5-24-26-12)27-28-19(16)23-10-22-18/h2-10H,1H3,(H,24,26)(H2,22,23,25,27,28). The number of benzene rings is 1.